The van der Waals surface area contributed by atoms with Gasteiger partial charge in [0, 0.05) is 19.5 Å². The van der Waals surface area contributed by atoms with Gasteiger partial charge in [0.25, 0.3) is 0 Å². The Kier molecular flexibility index (Phi) is 14.0. The van der Waals surface area contributed by atoms with Gasteiger partial charge < -0.3 is 82.7 Å². The van der Waals surface area contributed by atoms with Crippen molar-refractivity contribution in [3.05, 3.63) is 0 Å². The molecule has 262 valence electrons. The van der Waals surface area contributed by atoms with Gasteiger partial charge in [-0.3, -0.25) is 14.1 Å². The molecule has 2 amide bonds. The lowest BCUT2D eigenvalue weighted by atomic mass is 9.83. The molecule has 3 fully saturated rings. The maximum absolute atomic E-state index is 12.7. The Morgan fingerprint density at radius 2 is 1.67 bits per heavy atom. The van der Waals surface area contributed by atoms with E-state index in [9.17, 15) is 44.4 Å². The molecule has 45 heavy (non-hydrogen) atoms. The van der Waals surface area contributed by atoms with Gasteiger partial charge in [-0.05, 0) is 32.2 Å². The van der Waals surface area contributed by atoms with E-state index in [4.69, 9.17) is 46.4 Å². The summed E-state index contributed by atoms with van der Waals surface area (Å²) in [4.78, 5) is 43.1. The smallest absolute Gasteiger partial charge is 0.394 e. The van der Waals surface area contributed by atoms with Crippen molar-refractivity contribution < 1.29 is 67.8 Å². The quantitative estimate of drug-likeness (QED) is 0.0808. The highest BCUT2D eigenvalue weighted by Gasteiger charge is 2.52. The van der Waals surface area contributed by atoms with E-state index in [1.807, 2.05) is 0 Å². The van der Waals surface area contributed by atoms with E-state index in [-0.39, 0.29) is 31.8 Å². The van der Waals surface area contributed by atoms with Crippen LogP contribution in [-0.2, 0) is 37.6 Å². The Morgan fingerprint density at radius 1 is 1.00 bits per heavy atom. The van der Waals surface area contributed by atoms with E-state index >= 15 is 0 Å². The number of hydrogen-bond acceptors (Lipinski definition) is 16. The summed E-state index contributed by atoms with van der Waals surface area (Å²) < 4.78 is 40.0. The van der Waals surface area contributed by atoms with E-state index in [0.29, 0.717) is 12.8 Å². The van der Waals surface area contributed by atoms with Gasteiger partial charge >= 0.3 is 7.82 Å². The molecule has 3 aliphatic rings. The highest BCUT2D eigenvalue weighted by molar-refractivity contribution is 7.46. The molecule has 14 atom stereocenters. The third kappa shape index (κ3) is 10.3. The van der Waals surface area contributed by atoms with Crippen LogP contribution < -0.4 is 33.6 Å². The van der Waals surface area contributed by atoms with Crippen LogP contribution in [-0.4, -0.2) is 147 Å². The average molecular weight is 675 g/mol. The van der Waals surface area contributed by atoms with Crippen LogP contribution in [0.4, 0.5) is 0 Å². The predicted octanol–water partition coefficient (Wildman–Crippen LogP) is -6.11. The van der Waals surface area contributed by atoms with Crippen molar-refractivity contribution in [2.75, 3.05) is 19.7 Å². The standard InChI is InChI=1S/C24H47N6O14P/c1-9(32)29-7-10-2-3-11(26)23(40-10)42-19-12(27)6-13(30-22(36)14(33)4-5-25)20(18(19)35)43-24-21(44-45(37,38)39)16(28)17(34)15(8-31)41-24/h10-21,23-24,31,33-35H,2-8,25-28H2,1H3,(H,29,32)(H,30,36)(H2,37,38,39)/t10-,11+,12-,13+,14+,15+,16-,17+,18-,19+,20-,21+,23+,24+/m0/s1. The van der Waals surface area contributed by atoms with E-state index < -0.39 is 106 Å². The second kappa shape index (κ2) is 16.6. The van der Waals surface area contributed by atoms with Gasteiger partial charge in [0.2, 0.25) is 11.8 Å². The van der Waals surface area contributed by atoms with Crippen molar-refractivity contribution in [1.82, 2.24) is 10.6 Å². The Bertz CT molecular complexity index is 1030. The van der Waals surface area contributed by atoms with Crippen molar-refractivity contribution in [2.45, 2.75) is 118 Å². The number of aliphatic hydroxyl groups is 4. The highest BCUT2D eigenvalue weighted by atomic mass is 31.2. The summed E-state index contributed by atoms with van der Waals surface area (Å²) in [5.41, 5.74) is 24.0. The number of nitrogens with two attached hydrogens (primary N) is 4. The molecular formula is C24H47N6O14P. The van der Waals surface area contributed by atoms with Crippen LogP contribution in [0.15, 0.2) is 0 Å². The number of aliphatic hydroxyl groups excluding tert-OH is 4. The van der Waals surface area contributed by atoms with E-state index in [0.717, 1.165) is 0 Å². The highest BCUT2D eigenvalue weighted by Crippen LogP contribution is 2.42. The summed E-state index contributed by atoms with van der Waals surface area (Å²) >= 11 is 0. The molecule has 2 aliphatic heterocycles. The molecule has 0 aromatic carbocycles. The van der Waals surface area contributed by atoms with Crippen molar-refractivity contribution >= 4 is 19.6 Å². The molecular weight excluding hydrogens is 627 g/mol. The Labute approximate surface area is 259 Å². The van der Waals surface area contributed by atoms with Crippen LogP contribution in [0.2, 0.25) is 0 Å². The molecule has 2 heterocycles. The molecule has 1 aliphatic carbocycles. The minimum absolute atomic E-state index is 0.0120. The summed E-state index contributed by atoms with van der Waals surface area (Å²) in [7, 11) is -5.25. The maximum atomic E-state index is 12.7. The Balaban J connectivity index is 1.89. The zero-order valence-corrected chi connectivity index (χ0v) is 25.6. The van der Waals surface area contributed by atoms with Gasteiger partial charge in [-0.2, -0.15) is 0 Å². The first-order valence-electron chi connectivity index (χ1n) is 14.6. The monoisotopic (exact) mass is 674 g/mol. The molecule has 21 heteroatoms. The van der Waals surface area contributed by atoms with Crippen molar-refractivity contribution in [2.24, 2.45) is 22.9 Å². The number of amides is 2. The predicted molar refractivity (Wildman–Crippen MR) is 151 cm³/mol. The molecule has 0 unspecified atom stereocenters. The van der Waals surface area contributed by atoms with Crippen molar-refractivity contribution in [3.63, 3.8) is 0 Å². The third-order valence-corrected chi connectivity index (χ3v) is 8.44. The first-order chi connectivity index (χ1) is 21.1. The maximum Gasteiger partial charge on any atom is 0.470 e. The number of hydrogen-bond donors (Lipinski definition) is 12. The average Bonchev–Trinajstić information content (AvgIpc) is 2.96. The first kappa shape index (κ1) is 38.0. The minimum atomic E-state index is -5.25. The van der Waals surface area contributed by atoms with Crippen LogP contribution >= 0.6 is 7.82 Å². The van der Waals surface area contributed by atoms with Crippen molar-refractivity contribution in [3.8, 4) is 0 Å². The summed E-state index contributed by atoms with van der Waals surface area (Å²) in [6.45, 7) is 0.752. The lowest BCUT2D eigenvalue weighted by Crippen LogP contribution is -2.69. The zero-order valence-electron chi connectivity index (χ0n) is 24.7. The van der Waals surface area contributed by atoms with Gasteiger partial charge in [0.15, 0.2) is 12.6 Å². The number of nitrogens with one attached hydrogen (secondary N) is 2. The number of carbonyl (C=O) groups is 2. The molecule has 20 nitrogen and oxygen atoms in total. The lowest BCUT2D eigenvalue weighted by molar-refractivity contribution is -0.311. The van der Waals surface area contributed by atoms with Gasteiger partial charge in [-0.25, -0.2) is 4.57 Å². The molecule has 0 aromatic rings. The SMILES string of the molecule is CC(=O)NC[C@@H]1CC[C@@H](N)[C@@H](O[C@H]2[C@H](O)[C@@H](O[C@H]3O[C@H](CO)[C@@H](O)[C@H](N)[C@H]3OP(=O)(O)O)[C@H](NC(=O)[C@H](O)CCN)C[C@@H]2N)O1. The van der Waals surface area contributed by atoms with Crippen LogP contribution in [0, 0.1) is 0 Å². The van der Waals surface area contributed by atoms with E-state index in [2.05, 4.69) is 10.6 Å². The van der Waals surface area contributed by atoms with Crippen LogP contribution in [0.3, 0.4) is 0 Å². The fraction of sp³-hybridized carbons (Fsp3) is 0.917. The van der Waals surface area contributed by atoms with E-state index in [1.54, 1.807) is 0 Å². The molecule has 3 rings (SSSR count). The summed E-state index contributed by atoms with van der Waals surface area (Å²) in [6.07, 6.45) is -13.4. The summed E-state index contributed by atoms with van der Waals surface area (Å²) in [5.74, 6) is -1.13. The molecule has 16 N–H and O–H groups in total. The molecule has 2 saturated heterocycles. The minimum Gasteiger partial charge on any atom is -0.394 e. The molecule has 0 spiro atoms. The number of phosphoric ester groups is 1. The molecule has 0 aromatic heterocycles. The van der Waals surface area contributed by atoms with Gasteiger partial charge in [0.1, 0.15) is 42.7 Å². The van der Waals surface area contributed by atoms with Crippen LogP contribution in [0.5, 0.6) is 0 Å². The number of carbonyl (C=O) groups excluding carboxylic acids is 2. The normalized spacial score (nSPS) is 40.0. The van der Waals surface area contributed by atoms with Gasteiger partial charge in [0.05, 0.1) is 30.8 Å². The van der Waals surface area contributed by atoms with Gasteiger partial charge in [-0.1, -0.05) is 0 Å². The van der Waals surface area contributed by atoms with Crippen LogP contribution in [0.25, 0.3) is 0 Å². The third-order valence-electron chi connectivity index (χ3n) is 7.92. The van der Waals surface area contributed by atoms with Crippen molar-refractivity contribution in [1.29, 1.82) is 0 Å². The lowest BCUT2D eigenvalue weighted by Gasteiger charge is -2.49. The second-order valence-electron chi connectivity index (χ2n) is 11.5. The molecule has 0 radical (unpaired) electrons. The number of phosphoric acid groups is 1. The fourth-order valence-electron chi connectivity index (χ4n) is 5.52. The Morgan fingerprint density at radius 3 is 2.27 bits per heavy atom. The molecule has 1 saturated carbocycles. The topological polar surface area (TPSA) is 347 Å². The number of ether oxygens (including phenoxy) is 4. The summed E-state index contributed by atoms with van der Waals surface area (Å²) in [6, 6.07) is -4.32. The Hall–Kier alpha value is -1.43. The van der Waals surface area contributed by atoms with Crippen LogP contribution in [0.1, 0.15) is 32.6 Å². The summed E-state index contributed by atoms with van der Waals surface area (Å²) in [5, 5.41) is 47.1. The second-order valence-corrected chi connectivity index (χ2v) is 12.7. The zero-order chi connectivity index (χ0) is 33.6. The fourth-order valence-corrected chi connectivity index (χ4v) is 6.08. The molecule has 0 bridgehead atoms. The number of rotatable bonds is 13. The van der Waals surface area contributed by atoms with Gasteiger partial charge in [-0.15, -0.1) is 0 Å². The van der Waals surface area contributed by atoms with E-state index in [1.165, 1.54) is 6.92 Å². The first-order valence-corrected chi connectivity index (χ1v) is 16.1. The largest absolute Gasteiger partial charge is 0.470 e.